The van der Waals surface area contributed by atoms with Gasteiger partial charge in [-0.1, -0.05) is 19.1 Å². The fourth-order valence-corrected chi connectivity index (χ4v) is 6.61. The molecule has 9 nitrogen and oxygen atoms in total. The third-order valence-electron chi connectivity index (χ3n) is 5.78. The molecule has 0 atom stereocenters. The number of ether oxygens (including phenoxy) is 2. The smallest absolute Gasteiger partial charge is 0.407 e. The molecule has 0 spiro atoms. The minimum Gasteiger partial charge on any atom is -0.469 e. The number of carbonyl (C=O) groups is 2. The summed E-state index contributed by atoms with van der Waals surface area (Å²) in [6.45, 7) is 5.60. The Morgan fingerprint density at radius 1 is 1.20 bits per heavy atom. The molecule has 1 fully saturated rings. The Morgan fingerprint density at radius 2 is 1.91 bits per heavy atom. The SMILES string of the molecule is CCNS(=O)(=O)c1cc(CC(=O)OC)ccc1-c1cnc(C2CCC(NC(=O)OC(C)C)CC2)s1. The second-order valence-corrected chi connectivity index (χ2v) is 11.6. The topological polar surface area (TPSA) is 124 Å². The Bertz CT molecular complexity index is 1140. The van der Waals surface area contributed by atoms with Crippen molar-refractivity contribution in [3.63, 3.8) is 0 Å². The minimum atomic E-state index is -3.77. The lowest BCUT2D eigenvalue weighted by Gasteiger charge is -2.28. The van der Waals surface area contributed by atoms with Gasteiger partial charge in [0.25, 0.3) is 0 Å². The third-order valence-corrected chi connectivity index (χ3v) is 8.55. The van der Waals surface area contributed by atoms with E-state index in [1.165, 1.54) is 24.5 Å². The number of nitrogens with one attached hydrogen (secondary N) is 2. The summed E-state index contributed by atoms with van der Waals surface area (Å²) in [6.07, 6.45) is 4.57. The van der Waals surface area contributed by atoms with Gasteiger partial charge in [0.2, 0.25) is 10.0 Å². The second kappa shape index (κ2) is 12.0. The first-order chi connectivity index (χ1) is 16.6. The summed E-state index contributed by atoms with van der Waals surface area (Å²) >= 11 is 1.48. The number of amides is 1. The first-order valence-corrected chi connectivity index (χ1v) is 14.1. The zero-order chi connectivity index (χ0) is 25.6. The number of benzene rings is 1. The lowest BCUT2D eigenvalue weighted by molar-refractivity contribution is -0.139. The van der Waals surface area contributed by atoms with E-state index in [1.807, 2.05) is 13.8 Å². The number of aromatic nitrogens is 1. The Labute approximate surface area is 210 Å². The van der Waals surface area contributed by atoms with Crippen LogP contribution in [0.5, 0.6) is 0 Å². The summed E-state index contributed by atoms with van der Waals surface area (Å²) in [4.78, 5) is 29.1. The predicted octanol–water partition coefficient (Wildman–Crippen LogP) is 3.98. The van der Waals surface area contributed by atoms with E-state index in [0.29, 0.717) is 11.1 Å². The Kier molecular flexibility index (Phi) is 9.26. The zero-order valence-corrected chi connectivity index (χ0v) is 22.1. The van der Waals surface area contributed by atoms with E-state index in [9.17, 15) is 18.0 Å². The van der Waals surface area contributed by atoms with E-state index in [0.717, 1.165) is 35.6 Å². The maximum Gasteiger partial charge on any atom is 0.407 e. The van der Waals surface area contributed by atoms with Crippen LogP contribution in [0.15, 0.2) is 29.3 Å². The fourth-order valence-electron chi connectivity index (χ4n) is 4.11. The molecule has 0 bridgehead atoms. The third kappa shape index (κ3) is 7.25. The fraction of sp³-hybridized carbons (Fsp3) is 0.542. The highest BCUT2D eigenvalue weighted by Gasteiger charge is 2.27. The van der Waals surface area contributed by atoms with Crippen molar-refractivity contribution in [1.82, 2.24) is 15.0 Å². The van der Waals surface area contributed by atoms with Crippen LogP contribution in [-0.2, 0) is 30.7 Å². The molecule has 11 heteroatoms. The molecule has 1 aromatic heterocycles. The van der Waals surface area contributed by atoms with Gasteiger partial charge in [0.15, 0.2) is 0 Å². The minimum absolute atomic E-state index is 0.0125. The summed E-state index contributed by atoms with van der Waals surface area (Å²) in [5, 5.41) is 3.88. The molecular weight excluding hydrogens is 490 g/mol. The van der Waals surface area contributed by atoms with Gasteiger partial charge in [-0.25, -0.2) is 22.9 Å². The number of rotatable bonds is 9. The van der Waals surface area contributed by atoms with Crippen LogP contribution < -0.4 is 10.0 Å². The van der Waals surface area contributed by atoms with Crippen LogP contribution in [0.3, 0.4) is 0 Å². The van der Waals surface area contributed by atoms with Crippen molar-refractivity contribution in [3.8, 4) is 10.4 Å². The highest BCUT2D eigenvalue weighted by Crippen LogP contribution is 2.39. The van der Waals surface area contributed by atoms with Gasteiger partial charge in [0.05, 0.1) is 34.4 Å². The summed E-state index contributed by atoms with van der Waals surface area (Å²) in [5.41, 5.74) is 1.11. The van der Waals surface area contributed by atoms with Crippen LogP contribution in [-0.4, -0.2) is 51.3 Å². The van der Waals surface area contributed by atoms with Gasteiger partial charge < -0.3 is 14.8 Å². The molecule has 0 radical (unpaired) electrons. The quantitative estimate of drug-likeness (QED) is 0.476. The Hall–Kier alpha value is -2.50. The van der Waals surface area contributed by atoms with Crippen molar-refractivity contribution < 1.29 is 27.5 Å². The van der Waals surface area contributed by atoms with Crippen molar-refractivity contribution in [3.05, 3.63) is 35.0 Å². The Morgan fingerprint density at radius 3 is 2.54 bits per heavy atom. The van der Waals surface area contributed by atoms with Gasteiger partial charge in [0, 0.05) is 30.3 Å². The van der Waals surface area contributed by atoms with Crippen LogP contribution >= 0.6 is 11.3 Å². The van der Waals surface area contributed by atoms with Crippen molar-refractivity contribution in [2.75, 3.05) is 13.7 Å². The number of alkyl carbamates (subject to hydrolysis) is 1. The maximum atomic E-state index is 12.9. The van der Waals surface area contributed by atoms with Gasteiger partial charge in [-0.05, 0) is 51.2 Å². The van der Waals surface area contributed by atoms with Crippen LogP contribution in [0.1, 0.15) is 62.9 Å². The summed E-state index contributed by atoms with van der Waals surface area (Å²) < 4.78 is 38.3. The lowest BCUT2D eigenvalue weighted by Crippen LogP contribution is -2.38. The van der Waals surface area contributed by atoms with Gasteiger partial charge in [-0.15, -0.1) is 11.3 Å². The van der Waals surface area contributed by atoms with E-state index in [1.54, 1.807) is 25.3 Å². The van der Waals surface area contributed by atoms with Crippen LogP contribution in [0.25, 0.3) is 10.4 Å². The molecule has 35 heavy (non-hydrogen) atoms. The van der Waals surface area contributed by atoms with Crippen molar-refractivity contribution in [2.24, 2.45) is 0 Å². The number of carbonyl (C=O) groups excluding carboxylic acids is 2. The highest BCUT2D eigenvalue weighted by atomic mass is 32.2. The second-order valence-electron chi connectivity index (χ2n) is 8.79. The summed E-state index contributed by atoms with van der Waals surface area (Å²) in [7, 11) is -2.47. The standard InChI is InChI=1S/C24H33N3O6S2/c1-5-26-35(30,31)21-12-16(13-22(28)32-4)6-11-19(21)20-14-25-23(34-20)17-7-9-18(10-8-17)27-24(29)33-15(2)3/h6,11-12,14-15,17-18,26H,5,7-10,13H2,1-4H3,(H,27,29). The van der Waals surface area contributed by atoms with Crippen LogP contribution in [0.2, 0.25) is 0 Å². The number of thiazole rings is 1. The van der Waals surface area contributed by atoms with Crippen LogP contribution in [0.4, 0.5) is 4.79 Å². The van der Waals surface area contributed by atoms with E-state index in [2.05, 4.69) is 15.0 Å². The molecule has 1 heterocycles. The average molecular weight is 524 g/mol. The molecule has 192 valence electrons. The summed E-state index contributed by atoms with van der Waals surface area (Å²) in [6, 6.07) is 5.07. The van der Waals surface area contributed by atoms with Gasteiger partial charge in [-0.3, -0.25) is 4.79 Å². The number of sulfonamides is 1. The number of hydrogen-bond acceptors (Lipinski definition) is 8. The molecule has 1 aliphatic carbocycles. The molecule has 1 amide bonds. The van der Waals surface area contributed by atoms with Crippen molar-refractivity contribution >= 4 is 33.4 Å². The normalized spacial score (nSPS) is 18.3. The van der Waals surface area contributed by atoms with Gasteiger partial charge in [0.1, 0.15) is 0 Å². The molecule has 2 aromatic rings. The van der Waals surface area contributed by atoms with Crippen LogP contribution in [0, 0.1) is 0 Å². The maximum absolute atomic E-state index is 12.9. The van der Waals surface area contributed by atoms with E-state index in [4.69, 9.17) is 9.47 Å². The number of hydrogen-bond donors (Lipinski definition) is 2. The molecule has 3 rings (SSSR count). The Balaban J connectivity index is 1.77. The van der Waals surface area contributed by atoms with Gasteiger partial charge >= 0.3 is 12.1 Å². The highest BCUT2D eigenvalue weighted by molar-refractivity contribution is 7.89. The molecule has 1 aliphatic rings. The van der Waals surface area contributed by atoms with E-state index < -0.39 is 16.0 Å². The first-order valence-electron chi connectivity index (χ1n) is 11.8. The molecule has 2 N–H and O–H groups in total. The predicted molar refractivity (Wildman–Crippen MR) is 134 cm³/mol. The first kappa shape index (κ1) is 27.1. The number of methoxy groups -OCH3 is 1. The molecule has 1 saturated carbocycles. The van der Waals surface area contributed by atoms with E-state index >= 15 is 0 Å². The molecule has 1 aromatic carbocycles. The van der Waals surface area contributed by atoms with Crippen molar-refractivity contribution in [2.45, 2.75) is 75.8 Å². The lowest BCUT2D eigenvalue weighted by atomic mass is 9.86. The average Bonchev–Trinajstić information content (AvgIpc) is 3.29. The largest absolute Gasteiger partial charge is 0.469 e. The number of nitrogens with zero attached hydrogens (tertiary/aromatic N) is 1. The monoisotopic (exact) mass is 523 g/mol. The molecular formula is C24H33N3O6S2. The molecule has 0 saturated heterocycles. The van der Waals surface area contributed by atoms with Crippen molar-refractivity contribution in [1.29, 1.82) is 0 Å². The number of esters is 1. The van der Waals surface area contributed by atoms with E-state index in [-0.39, 0.29) is 42.0 Å². The summed E-state index contributed by atoms with van der Waals surface area (Å²) in [5.74, 6) is -0.187. The molecule has 0 aliphatic heterocycles. The van der Waals surface area contributed by atoms with Gasteiger partial charge in [-0.2, -0.15) is 0 Å². The molecule has 0 unspecified atom stereocenters. The zero-order valence-electron chi connectivity index (χ0n) is 20.5.